The number of nitrogens with zero attached hydrogens (tertiary/aromatic N) is 1. The highest BCUT2D eigenvalue weighted by Crippen LogP contribution is 2.27. The SMILES string of the molecule is CC(C)(C)OC(=O)NCCOc1cc(-c2ccc(-c3ccccc3)cc2)on1.O=c1cc(-c2ccc(-c3ccccc3)cc2)o[nH]1. The largest absolute Gasteiger partial charge is 0.474 e. The van der Waals surface area contributed by atoms with Crippen molar-refractivity contribution >= 4 is 6.09 Å². The molecule has 9 nitrogen and oxygen atoms in total. The second-order valence-electron chi connectivity index (χ2n) is 11.3. The van der Waals surface area contributed by atoms with Gasteiger partial charge in [-0.3, -0.25) is 4.79 Å². The summed E-state index contributed by atoms with van der Waals surface area (Å²) in [5.41, 5.74) is 5.64. The zero-order valence-corrected chi connectivity index (χ0v) is 25.9. The number of hydrogen-bond donors (Lipinski definition) is 2. The minimum atomic E-state index is -0.526. The van der Waals surface area contributed by atoms with Crippen LogP contribution < -0.4 is 15.6 Å². The van der Waals surface area contributed by atoms with Gasteiger partial charge in [0.1, 0.15) is 12.2 Å². The highest BCUT2D eigenvalue weighted by Gasteiger charge is 2.15. The summed E-state index contributed by atoms with van der Waals surface area (Å²) >= 11 is 0. The Morgan fingerprint density at radius 1 is 0.717 bits per heavy atom. The number of carbonyl (C=O) groups excluding carboxylic acids is 1. The van der Waals surface area contributed by atoms with Gasteiger partial charge < -0.3 is 23.8 Å². The molecule has 46 heavy (non-hydrogen) atoms. The molecule has 6 rings (SSSR count). The van der Waals surface area contributed by atoms with Crippen molar-refractivity contribution in [3.63, 3.8) is 0 Å². The van der Waals surface area contributed by atoms with Gasteiger partial charge >= 0.3 is 6.09 Å². The third-order valence-electron chi connectivity index (χ3n) is 6.59. The zero-order valence-electron chi connectivity index (χ0n) is 25.9. The van der Waals surface area contributed by atoms with E-state index >= 15 is 0 Å². The number of hydrogen-bond acceptors (Lipinski definition) is 7. The van der Waals surface area contributed by atoms with Crippen LogP contribution in [0.3, 0.4) is 0 Å². The lowest BCUT2D eigenvalue weighted by Crippen LogP contribution is -2.34. The number of ether oxygens (including phenoxy) is 2. The summed E-state index contributed by atoms with van der Waals surface area (Å²) in [4.78, 5) is 22.6. The fourth-order valence-corrected chi connectivity index (χ4v) is 4.43. The molecule has 0 saturated heterocycles. The third kappa shape index (κ3) is 9.09. The van der Waals surface area contributed by atoms with Crippen LogP contribution in [0.1, 0.15) is 20.8 Å². The van der Waals surface area contributed by atoms with E-state index < -0.39 is 11.7 Å². The molecule has 0 unspecified atom stereocenters. The fourth-order valence-electron chi connectivity index (χ4n) is 4.43. The number of nitrogens with one attached hydrogen (secondary N) is 2. The summed E-state index contributed by atoms with van der Waals surface area (Å²) < 4.78 is 21.1. The molecule has 0 aliphatic carbocycles. The Morgan fingerprint density at radius 2 is 1.22 bits per heavy atom. The van der Waals surface area contributed by atoms with E-state index in [1.807, 2.05) is 106 Å². The summed E-state index contributed by atoms with van der Waals surface area (Å²) in [6.07, 6.45) is -0.476. The molecule has 0 radical (unpaired) electrons. The number of amides is 1. The van der Waals surface area contributed by atoms with Crippen molar-refractivity contribution in [2.75, 3.05) is 13.2 Å². The van der Waals surface area contributed by atoms with E-state index in [4.69, 9.17) is 18.5 Å². The first-order valence-corrected chi connectivity index (χ1v) is 14.8. The molecule has 4 aromatic carbocycles. The Balaban J connectivity index is 0.000000198. The number of rotatable bonds is 8. The second kappa shape index (κ2) is 14.8. The van der Waals surface area contributed by atoms with Crippen LogP contribution >= 0.6 is 0 Å². The molecule has 0 bridgehead atoms. The van der Waals surface area contributed by atoms with E-state index in [0.29, 0.717) is 23.9 Å². The van der Waals surface area contributed by atoms with Gasteiger partial charge in [0.05, 0.1) is 12.6 Å². The summed E-state index contributed by atoms with van der Waals surface area (Å²) in [5.74, 6) is 1.54. The number of H-pyrrole nitrogens is 1. The van der Waals surface area contributed by atoms with E-state index in [2.05, 4.69) is 39.9 Å². The van der Waals surface area contributed by atoms with Crippen LogP contribution in [-0.2, 0) is 4.74 Å². The molecule has 0 atom stereocenters. The number of benzene rings is 4. The number of aromatic amines is 1. The minimum absolute atomic E-state index is 0.225. The first-order valence-electron chi connectivity index (χ1n) is 14.8. The maximum absolute atomic E-state index is 11.6. The average molecular weight is 618 g/mol. The van der Waals surface area contributed by atoms with Crippen LogP contribution in [0.2, 0.25) is 0 Å². The van der Waals surface area contributed by atoms with Gasteiger partial charge in [-0.1, -0.05) is 109 Å². The quantitative estimate of drug-likeness (QED) is 0.165. The third-order valence-corrected chi connectivity index (χ3v) is 6.59. The number of carbonyl (C=O) groups is 1. The Bertz CT molecular complexity index is 1870. The maximum atomic E-state index is 11.6. The second-order valence-corrected chi connectivity index (χ2v) is 11.3. The number of aromatic nitrogens is 2. The van der Waals surface area contributed by atoms with Crippen molar-refractivity contribution in [1.82, 2.24) is 15.6 Å². The predicted octanol–water partition coefficient (Wildman–Crippen LogP) is 8.21. The number of alkyl carbamates (subject to hydrolysis) is 1. The summed E-state index contributed by atoms with van der Waals surface area (Å²) in [6.45, 7) is 6.01. The molecular weight excluding hydrogens is 582 g/mol. The van der Waals surface area contributed by atoms with E-state index in [-0.39, 0.29) is 12.2 Å². The molecule has 0 saturated carbocycles. The van der Waals surface area contributed by atoms with Gasteiger partial charge in [-0.2, -0.15) is 5.16 Å². The standard InChI is InChI=1S/C22H24N2O4.C15H11NO2/c1-22(2,3)27-21(25)23-13-14-26-20-15-19(28-24-20)18-11-9-17(10-12-18)16-7-5-4-6-8-16;17-15-10-14(18-16-15)13-8-6-12(7-9-13)11-4-2-1-3-5-11/h4-12,15H,13-14H2,1-3H3,(H,23,25);1-10H,(H,16,17). The van der Waals surface area contributed by atoms with Crippen LogP contribution in [0.15, 0.2) is 135 Å². The normalized spacial score (nSPS) is 10.8. The van der Waals surface area contributed by atoms with Crippen LogP contribution in [0.4, 0.5) is 4.79 Å². The molecule has 0 fully saturated rings. The zero-order chi connectivity index (χ0) is 32.4. The van der Waals surface area contributed by atoms with Gasteiger partial charge in [0, 0.05) is 17.2 Å². The van der Waals surface area contributed by atoms with Crippen LogP contribution in [0.5, 0.6) is 5.88 Å². The average Bonchev–Trinajstić information content (AvgIpc) is 3.73. The monoisotopic (exact) mass is 617 g/mol. The molecule has 1 amide bonds. The van der Waals surface area contributed by atoms with Crippen molar-refractivity contribution in [2.24, 2.45) is 0 Å². The first kappa shape index (κ1) is 31.6. The molecule has 9 heteroatoms. The highest BCUT2D eigenvalue weighted by molar-refractivity contribution is 5.69. The Hall–Kier alpha value is -5.83. The maximum Gasteiger partial charge on any atom is 0.407 e. The van der Waals surface area contributed by atoms with Crippen molar-refractivity contribution in [1.29, 1.82) is 0 Å². The van der Waals surface area contributed by atoms with E-state index in [0.717, 1.165) is 27.8 Å². The molecule has 2 aromatic heterocycles. The van der Waals surface area contributed by atoms with Gasteiger partial charge in [0.25, 0.3) is 11.4 Å². The molecule has 0 spiro atoms. The van der Waals surface area contributed by atoms with Crippen LogP contribution in [-0.4, -0.2) is 35.2 Å². The van der Waals surface area contributed by atoms with Gasteiger partial charge in [0.15, 0.2) is 11.5 Å². The van der Waals surface area contributed by atoms with Gasteiger partial charge in [-0.15, -0.1) is 0 Å². The molecule has 234 valence electrons. The Morgan fingerprint density at radius 3 is 1.72 bits per heavy atom. The van der Waals surface area contributed by atoms with E-state index in [9.17, 15) is 9.59 Å². The van der Waals surface area contributed by atoms with Crippen molar-refractivity contribution in [3.05, 3.63) is 132 Å². The van der Waals surface area contributed by atoms with Crippen molar-refractivity contribution in [3.8, 4) is 50.8 Å². The first-order chi connectivity index (χ1) is 22.2. The lowest BCUT2D eigenvalue weighted by atomic mass is 10.0. The Labute approximate surface area is 266 Å². The fraction of sp³-hybridized carbons (Fsp3) is 0.162. The summed E-state index contributed by atoms with van der Waals surface area (Å²) in [6, 6.07) is 39.4. The summed E-state index contributed by atoms with van der Waals surface area (Å²) in [5, 5.41) is 8.82. The molecular formula is C37H35N3O6. The summed E-state index contributed by atoms with van der Waals surface area (Å²) in [7, 11) is 0. The molecule has 0 aliphatic rings. The van der Waals surface area contributed by atoms with Crippen molar-refractivity contribution < 1.29 is 23.3 Å². The topological polar surface area (TPSA) is 120 Å². The molecule has 6 aromatic rings. The molecule has 2 N–H and O–H groups in total. The molecule has 0 aliphatic heterocycles. The van der Waals surface area contributed by atoms with E-state index in [1.54, 1.807) is 6.07 Å². The Kier molecular flexibility index (Phi) is 10.1. The highest BCUT2D eigenvalue weighted by atomic mass is 16.6. The molecule has 2 heterocycles. The lowest BCUT2D eigenvalue weighted by molar-refractivity contribution is 0.0519. The minimum Gasteiger partial charge on any atom is -0.474 e. The van der Waals surface area contributed by atoms with Crippen LogP contribution in [0.25, 0.3) is 44.9 Å². The van der Waals surface area contributed by atoms with Crippen molar-refractivity contribution in [2.45, 2.75) is 26.4 Å². The predicted molar refractivity (Wildman–Crippen MR) is 177 cm³/mol. The smallest absolute Gasteiger partial charge is 0.407 e. The van der Waals surface area contributed by atoms with E-state index in [1.165, 1.54) is 11.6 Å². The van der Waals surface area contributed by atoms with Gasteiger partial charge in [-0.05, 0) is 48.2 Å². The lowest BCUT2D eigenvalue weighted by Gasteiger charge is -2.19. The van der Waals surface area contributed by atoms with Gasteiger partial charge in [0.2, 0.25) is 0 Å². The van der Waals surface area contributed by atoms with Gasteiger partial charge in [-0.25, -0.2) is 4.79 Å². The van der Waals surface area contributed by atoms with Crippen LogP contribution in [0, 0.1) is 0 Å².